The van der Waals surface area contributed by atoms with Crippen LogP contribution in [-0.4, -0.2) is 63.3 Å². The van der Waals surface area contributed by atoms with Crippen LogP contribution in [0.2, 0.25) is 0 Å². The van der Waals surface area contributed by atoms with Crippen LogP contribution in [-0.2, 0) is 4.74 Å². The Labute approximate surface area is 128 Å². The lowest BCUT2D eigenvalue weighted by atomic mass is 10.4. The van der Waals surface area contributed by atoms with Gasteiger partial charge in [-0.1, -0.05) is 13.8 Å². The van der Waals surface area contributed by atoms with E-state index in [1.165, 1.54) is 0 Å². The predicted octanol–water partition coefficient (Wildman–Crippen LogP) is 0.902. The first-order valence-corrected chi connectivity index (χ1v) is 6.69. The topological polar surface area (TPSA) is 48.9 Å². The van der Waals surface area contributed by atoms with Crippen molar-refractivity contribution in [3.05, 3.63) is 0 Å². The number of likely N-dealkylation sites (N-methyl/N-ethyl adjacent to an activating group) is 1. The highest BCUT2D eigenvalue weighted by molar-refractivity contribution is 14.0. The van der Waals surface area contributed by atoms with Crippen LogP contribution in [0.15, 0.2) is 4.99 Å². The molecule has 6 heteroatoms. The Bertz CT molecular complexity index is 222. The summed E-state index contributed by atoms with van der Waals surface area (Å²) in [6.07, 6.45) is 1.13. The second-order valence-corrected chi connectivity index (χ2v) is 4.08. The highest BCUT2D eigenvalue weighted by Gasteiger charge is 2.02. The average Bonchev–Trinajstić information content (AvgIpc) is 2.39. The molecule has 0 bridgehead atoms. The zero-order valence-corrected chi connectivity index (χ0v) is 13.9. The Hall–Kier alpha value is -0.0800. The summed E-state index contributed by atoms with van der Waals surface area (Å²) < 4.78 is 5.57. The normalized spacial score (nSPS) is 14.7. The third-order valence-electron chi connectivity index (χ3n) is 2.88. The van der Waals surface area contributed by atoms with Crippen molar-refractivity contribution in [2.24, 2.45) is 4.99 Å². The lowest BCUT2D eigenvalue weighted by molar-refractivity contribution is 0.111. The van der Waals surface area contributed by atoms with E-state index >= 15 is 0 Å². The molecule has 0 aromatic heterocycles. The molecule has 2 N–H and O–H groups in total. The monoisotopic (exact) mass is 370 g/mol. The number of halogens is 1. The van der Waals surface area contributed by atoms with Crippen molar-refractivity contribution in [2.45, 2.75) is 20.3 Å². The third kappa shape index (κ3) is 8.10. The van der Waals surface area contributed by atoms with Gasteiger partial charge in [0.05, 0.1) is 13.2 Å². The molecule has 0 amide bonds. The largest absolute Gasteiger partial charge is 0.378 e. The minimum Gasteiger partial charge on any atom is -0.378 e. The third-order valence-corrected chi connectivity index (χ3v) is 2.88. The average molecular weight is 370 g/mol. The predicted molar refractivity (Wildman–Crippen MR) is 86.9 cm³/mol. The first-order valence-electron chi connectivity index (χ1n) is 6.69. The fraction of sp³-hybridized carbons (Fsp3) is 0.917. The molecule has 0 aliphatic carbocycles. The summed E-state index contributed by atoms with van der Waals surface area (Å²) in [6.45, 7) is 11.9. The van der Waals surface area contributed by atoms with Crippen LogP contribution in [0, 0.1) is 0 Å². The number of rotatable bonds is 8. The van der Waals surface area contributed by atoms with Gasteiger partial charge < -0.3 is 20.3 Å². The molecule has 18 heavy (non-hydrogen) atoms. The van der Waals surface area contributed by atoms with Crippen LogP contribution in [0.5, 0.6) is 0 Å². The molecule has 108 valence electrons. The fourth-order valence-corrected chi connectivity index (χ4v) is 1.73. The van der Waals surface area contributed by atoms with Gasteiger partial charge in [0.2, 0.25) is 0 Å². The molecule has 0 saturated carbocycles. The van der Waals surface area contributed by atoms with Crippen LogP contribution in [0.1, 0.15) is 20.3 Å². The van der Waals surface area contributed by atoms with Crippen molar-refractivity contribution in [1.29, 1.82) is 0 Å². The summed E-state index contributed by atoms with van der Waals surface area (Å²) in [6, 6.07) is 0. The molecule has 0 aromatic carbocycles. The van der Waals surface area contributed by atoms with E-state index in [1.807, 2.05) is 0 Å². The lowest BCUT2D eigenvalue weighted by Gasteiger charge is -2.18. The minimum absolute atomic E-state index is 0. The summed E-state index contributed by atoms with van der Waals surface area (Å²) in [4.78, 5) is 6.69. The second kappa shape index (κ2) is 12.0. The number of ether oxygens (including phenoxy) is 1. The van der Waals surface area contributed by atoms with Crippen molar-refractivity contribution in [3.8, 4) is 0 Å². The molecule has 1 aliphatic heterocycles. The summed E-state index contributed by atoms with van der Waals surface area (Å²) in [5, 5.41) is 6.46. The van der Waals surface area contributed by atoms with Crippen molar-refractivity contribution < 1.29 is 4.74 Å². The van der Waals surface area contributed by atoms with E-state index in [-0.39, 0.29) is 24.0 Å². The maximum absolute atomic E-state index is 5.57. The summed E-state index contributed by atoms with van der Waals surface area (Å²) in [5.41, 5.74) is 0. The molecule has 5 nitrogen and oxygen atoms in total. The van der Waals surface area contributed by atoms with Gasteiger partial charge in [-0.05, 0) is 19.5 Å². The smallest absolute Gasteiger partial charge is 0.191 e. The maximum Gasteiger partial charge on any atom is 0.191 e. The highest BCUT2D eigenvalue weighted by atomic mass is 127. The van der Waals surface area contributed by atoms with E-state index in [0.717, 1.165) is 64.9 Å². The Morgan fingerprint density at radius 3 is 2.72 bits per heavy atom. The molecule has 0 unspecified atom stereocenters. The number of hydrogen-bond donors (Lipinski definition) is 2. The van der Waals surface area contributed by atoms with E-state index in [1.54, 1.807) is 0 Å². The van der Waals surface area contributed by atoms with Gasteiger partial charge in [0.15, 0.2) is 5.96 Å². The second-order valence-electron chi connectivity index (χ2n) is 4.08. The SMILES string of the molecule is CCN(CC)CCOCCNC1=NCCCN1.I. The van der Waals surface area contributed by atoms with Crippen LogP contribution < -0.4 is 10.6 Å². The Morgan fingerprint density at radius 2 is 2.11 bits per heavy atom. The molecule has 0 radical (unpaired) electrons. The Kier molecular flexibility index (Phi) is 11.9. The minimum atomic E-state index is 0. The standard InChI is InChI=1S/C12H26N4O.HI/c1-3-16(4-2)9-11-17-10-8-15-12-13-6-5-7-14-12;/h3-11H2,1-2H3,(H2,13,14,15);1H. The van der Waals surface area contributed by atoms with Gasteiger partial charge in [-0.25, -0.2) is 0 Å². The van der Waals surface area contributed by atoms with Crippen molar-refractivity contribution >= 4 is 29.9 Å². The van der Waals surface area contributed by atoms with Gasteiger partial charge in [-0.15, -0.1) is 24.0 Å². The molecule has 0 spiro atoms. The van der Waals surface area contributed by atoms with Crippen molar-refractivity contribution in [3.63, 3.8) is 0 Å². The van der Waals surface area contributed by atoms with Crippen molar-refractivity contribution in [2.75, 3.05) is 52.5 Å². The molecular weight excluding hydrogens is 343 g/mol. The van der Waals surface area contributed by atoms with E-state index in [0.29, 0.717) is 0 Å². The Balaban J connectivity index is 0.00000289. The molecule has 1 rings (SSSR count). The highest BCUT2D eigenvalue weighted by Crippen LogP contribution is 1.88. The van der Waals surface area contributed by atoms with Gasteiger partial charge in [-0.3, -0.25) is 4.99 Å². The summed E-state index contributed by atoms with van der Waals surface area (Å²) in [5.74, 6) is 0.920. The zero-order chi connectivity index (χ0) is 12.3. The van der Waals surface area contributed by atoms with E-state index in [2.05, 4.69) is 34.4 Å². The van der Waals surface area contributed by atoms with Gasteiger partial charge in [0.1, 0.15) is 0 Å². The van der Waals surface area contributed by atoms with Gasteiger partial charge in [-0.2, -0.15) is 0 Å². The number of nitrogens with one attached hydrogen (secondary N) is 2. The zero-order valence-electron chi connectivity index (χ0n) is 11.6. The van der Waals surface area contributed by atoms with E-state index in [9.17, 15) is 0 Å². The fourth-order valence-electron chi connectivity index (χ4n) is 1.73. The van der Waals surface area contributed by atoms with E-state index < -0.39 is 0 Å². The molecule has 0 fully saturated rings. The molecule has 0 saturated heterocycles. The summed E-state index contributed by atoms with van der Waals surface area (Å²) >= 11 is 0. The van der Waals surface area contributed by atoms with Gasteiger partial charge >= 0.3 is 0 Å². The first-order chi connectivity index (χ1) is 8.36. The van der Waals surface area contributed by atoms with Gasteiger partial charge in [0.25, 0.3) is 0 Å². The number of nitrogens with zero attached hydrogens (tertiary/aromatic N) is 2. The maximum atomic E-state index is 5.57. The molecular formula is C12H27IN4O. The van der Waals surface area contributed by atoms with Gasteiger partial charge in [0, 0.05) is 26.2 Å². The Morgan fingerprint density at radius 1 is 1.33 bits per heavy atom. The quantitative estimate of drug-likeness (QED) is 0.493. The number of aliphatic imine (C=N–C) groups is 1. The van der Waals surface area contributed by atoms with Crippen LogP contribution in [0.4, 0.5) is 0 Å². The summed E-state index contributed by atoms with van der Waals surface area (Å²) in [7, 11) is 0. The van der Waals surface area contributed by atoms with Crippen LogP contribution in [0.25, 0.3) is 0 Å². The number of hydrogen-bond acceptors (Lipinski definition) is 5. The number of guanidine groups is 1. The van der Waals surface area contributed by atoms with Crippen LogP contribution >= 0.6 is 24.0 Å². The molecule has 1 heterocycles. The molecule has 0 atom stereocenters. The van der Waals surface area contributed by atoms with Crippen LogP contribution in [0.3, 0.4) is 0 Å². The van der Waals surface area contributed by atoms with Crippen molar-refractivity contribution in [1.82, 2.24) is 15.5 Å². The lowest BCUT2D eigenvalue weighted by Crippen LogP contribution is -2.42. The molecule has 0 aromatic rings. The molecule has 1 aliphatic rings. The first kappa shape index (κ1) is 17.9. The van der Waals surface area contributed by atoms with E-state index in [4.69, 9.17) is 4.74 Å².